The number of hydrogen-bond acceptors (Lipinski definition) is 3. The molecule has 1 rings (SSSR count). The third kappa shape index (κ3) is 6.15. The van der Waals surface area contributed by atoms with Crippen molar-refractivity contribution in [2.45, 2.75) is 32.2 Å². The first kappa shape index (κ1) is 18.8. The molecule has 0 aromatic heterocycles. The van der Waals surface area contributed by atoms with Crippen LogP contribution in [-0.2, 0) is 4.79 Å². The van der Waals surface area contributed by atoms with Crippen molar-refractivity contribution in [3.63, 3.8) is 0 Å². The molecular formula is C15H20ClN3O4. The van der Waals surface area contributed by atoms with Gasteiger partial charge in [0.25, 0.3) is 5.91 Å². The standard InChI is InChI=1S/C15H20ClN3O4/c1-15(2,7-6-12(20)21)19-14(23)18-11-8-9(13(22)17-3)4-5-10(11)16/h4-5,8H,6-7H2,1-3H3,(H,17,22)(H,20,21)(H2,18,19,23). The highest BCUT2D eigenvalue weighted by Crippen LogP contribution is 2.23. The quantitative estimate of drug-likeness (QED) is 0.637. The summed E-state index contributed by atoms with van der Waals surface area (Å²) < 4.78 is 0. The first-order valence-corrected chi connectivity index (χ1v) is 7.35. The minimum Gasteiger partial charge on any atom is -0.481 e. The number of hydrogen-bond donors (Lipinski definition) is 4. The molecule has 4 N–H and O–H groups in total. The van der Waals surface area contributed by atoms with Gasteiger partial charge in [-0.1, -0.05) is 11.6 Å². The van der Waals surface area contributed by atoms with Crippen LogP contribution in [0.15, 0.2) is 18.2 Å². The summed E-state index contributed by atoms with van der Waals surface area (Å²) in [4.78, 5) is 34.3. The van der Waals surface area contributed by atoms with Gasteiger partial charge in [0.2, 0.25) is 0 Å². The lowest BCUT2D eigenvalue weighted by atomic mass is 9.99. The highest BCUT2D eigenvalue weighted by molar-refractivity contribution is 6.33. The van der Waals surface area contributed by atoms with Gasteiger partial charge in [0.1, 0.15) is 0 Å². The van der Waals surface area contributed by atoms with Crippen molar-refractivity contribution in [2.75, 3.05) is 12.4 Å². The van der Waals surface area contributed by atoms with Gasteiger partial charge in [-0.2, -0.15) is 0 Å². The molecule has 3 amide bonds. The van der Waals surface area contributed by atoms with Gasteiger partial charge in [-0.3, -0.25) is 9.59 Å². The predicted octanol–water partition coefficient (Wildman–Crippen LogP) is 2.46. The lowest BCUT2D eigenvalue weighted by molar-refractivity contribution is -0.137. The summed E-state index contributed by atoms with van der Waals surface area (Å²) in [5.74, 6) is -1.23. The summed E-state index contributed by atoms with van der Waals surface area (Å²) in [5.41, 5.74) is -0.0514. The molecule has 23 heavy (non-hydrogen) atoms. The molecule has 1 aromatic carbocycles. The number of rotatable bonds is 6. The monoisotopic (exact) mass is 341 g/mol. The van der Waals surface area contributed by atoms with Crippen LogP contribution in [-0.4, -0.2) is 35.6 Å². The average molecular weight is 342 g/mol. The van der Waals surface area contributed by atoms with E-state index in [0.717, 1.165) is 0 Å². The number of urea groups is 1. The van der Waals surface area contributed by atoms with E-state index in [2.05, 4.69) is 16.0 Å². The molecule has 8 heteroatoms. The van der Waals surface area contributed by atoms with Crippen molar-refractivity contribution in [1.29, 1.82) is 0 Å². The smallest absolute Gasteiger partial charge is 0.319 e. The molecule has 0 aliphatic carbocycles. The van der Waals surface area contributed by atoms with E-state index in [4.69, 9.17) is 16.7 Å². The van der Waals surface area contributed by atoms with Crippen molar-refractivity contribution in [1.82, 2.24) is 10.6 Å². The van der Waals surface area contributed by atoms with Gasteiger partial charge in [0.15, 0.2) is 0 Å². The molecule has 0 aliphatic rings. The summed E-state index contributed by atoms with van der Waals surface area (Å²) in [7, 11) is 1.50. The number of aliphatic carboxylic acids is 1. The summed E-state index contributed by atoms with van der Waals surface area (Å²) in [5, 5.41) is 16.7. The van der Waals surface area contributed by atoms with Gasteiger partial charge in [-0.15, -0.1) is 0 Å². The lowest BCUT2D eigenvalue weighted by Gasteiger charge is -2.25. The molecule has 0 radical (unpaired) electrons. The number of carboxylic acids is 1. The number of halogens is 1. The number of carbonyl (C=O) groups is 3. The molecule has 0 aliphatic heterocycles. The first-order valence-electron chi connectivity index (χ1n) is 6.97. The van der Waals surface area contributed by atoms with Gasteiger partial charge in [0.05, 0.1) is 10.7 Å². The van der Waals surface area contributed by atoms with Crippen LogP contribution in [0.3, 0.4) is 0 Å². The second-order valence-electron chi connectivity index (χ2n) is 5.63. The van der Waals surface area contributed by atoms with E-state index in [-0.39, 0.29) is 23.8 Å². The van der Waals surface area contributed by atoms with Gasteiger partial charge in [-0.05, 0) is 38.5 Å². The van der Waals surface area contributed by atoms with Crippen LogP contribution in [0.4, 0.5) is 10.5 Å². The van der Waals surface area contributed by atoms with E-state index in [0.29, 0.717) is 11.3 Å². The van der Waals surface area contributed by atoms with Crippen molar-refractivity contribution in [3.05, 3.63) is 28.8 Å². The van der Waals surface area contributed by atoms with E-state index >= 15 is 0 Å². The van der Waals surface area contributed by atoms with Crippen molar-refractivity contribution in [3.8, 4) is 0 Å². The zero-order chi connectivity index (χ0) is 17.6. The maximum atomic E-state index is 12.0. The molecule has 0 saturated carbocycles. The topological polar surface area (TPSA) is 108 Å². The van der Waals surface area contributed by atoms with Crippen LogP contribution < -0.4 is 16.0 Å². The second-order valence-corrected chi connectivity index (χ2v) is 6.04. The maximum absolute atomic E-state index is 12.0. The van der Waals surface area contributed by atoms with E-state index in [1.54, 1.807) is 19.9 Å². The molecule has 1 aromatic rings. The van der Waals surface area contributed by atoms with E-state index in [1.807, 2.05) is 0 Å². The largest absolute Gasteiger partial charge is 0.481 e. The fraction of sp³-hybridized carbons (Fsp3) is 0.400. The number of benzene rings is 1. The van der Waals surface area contributed by atoms with Crippen LogP contribution >= 0.6 is 11.6 Å². The zero-order valence-corrected chi connectivity index (χ0v) is 14.0. The fourth-order valence-electron chi connectivity index (χ4n) is 1.85. The zero-order valence-electron chi connectivity index (χ0n) is 13.2. The Balaban J connectivity index is 2.77. The second kappa shape index (κ2) is 7.82. The summed E-state index contributed by atoms with van der Waals surface area (Å²) in [6, 6.07) is 3.99. The van der Waals surface area contributed by atoms with Crippen molar-refractivity contribution < 1.29 is 19.5 Å². The Kier molecular flexibility index (Phi) is 6.38. The predicted molar refractivity (Wildman–Crippen MR) is 87.9 cm³/mol. The summed E-state index contributed by atoms with van der Waals surface area (Å²) in [6.07, 6.45) is 0.224. The molecule has 0 heterocycles. The van der Waals surface area contributed by atoms with Crippen LogP contribution in [0.25, 0.3) is 0 Å². The fourth-order valence-corrected chi connectivity index (χ4v) is 2.01. The highest BCUT2D eigenvalue weighted by atomic mass is 35.5. The molecule has 0 spiro atoms. The van der Waals surface area contributed by atoms with Gasteiger partial charge >= 0.3 is 12.0 Å². The van der Waals surface area contributed by atoms with Crippen LogP contribution in [0.1, 0.15) is 37.0 Å². The van der Waals surface area contributed by atoms with Gasteiger partial charge in [0, 0.05) is 24.6 Å². The third-order valence-corrected chi connectivity index (χ3v) is 3.45. The SMILES string of the molecule is CNC(=O)c1ccc(Cl)c(NC(=O)NC(C)(C)CCC(=O)O)c1. The number of carboxylic acid groups (broad SMARTS) is 1. The van der Waals surface area contributed by atoms with Gasteiger partial charge in [-0.25, -0.2) is 4.79 Å². The van der Waals surface area contributed by atoms with Crippen molar-refractivity contribution >= 4 is 35.2 Å². The molecule has 0 saturated heterocycles. The Hall–Kier alpha value is -2.28. The van der Waals surface area contributed by atoms with E-state index in [9.17, 15) is 14.4 Å². The number of nitrogens with one attached hydrogen (secondary N) is 3. The van der Waals surface area contributed by atoms with Crippen molar-refractivity contribution in [2.24, 2.45) is 0 Å². The molecular weight excluding hydrogens is 322 g/mol. The minimum absolute atomic E-state index is 0.0554. The Morgan fingerprint density at radius 3 is 2.48 bits per heavy atom. The third-order valence-electron chi connectivity index (χ3n) is 3.12. The van der Waals surface area contributed by atoms with E-state index < -0.39 is 17.5 Å². The minimum atomic E-state index is -0.929. The molecule has 0 bridgehead atoms. The molecule has 0 unspecified atom stereocenters. The molecule has 0 atom stereocenters. The number of carbonyl (C=O) groups excluding carboxylic acids is 2. The Morgan fingerprint density at radius 2 is 1.91 bits per heavy atom. The highest BCUT2D eigenvalue weighted by Gasteiger charge is 2.22. The van der Waals surface area contributed by atoms with Gasteiger partial charge < -0.3 is 21.1 Å². The average Bonchev–Trinajstić information content (AvgIpc) is 2.46. The normalized spacial score (nSPS) is 10.8. The Labute approximate surface area is 139 Å². The first-order chi connectivity index (χ1) is 10.6. The Morgan fingerprint density at radius 1 is 1.26 bits per heavy atom. The molecule has 0 fully saturated rings. The maximum Gasteiger partial charge on any atom is 0.319 e. The lowest BCUT2D eigenvalue weighted by Crippen LogP contribution is -2.45. The number of anilines is 1. The molecule has 7 nitrogen and oxygen atoms in total. The summed E-state index contributed by atoms with van der Waals surface area (Å²) >= 11 is 6.01. The van der Waals surface area contributed by atoms with Crippen LogP contribution in [0.5, 0.6) is 0 Å². The number of amides is 3. The molecule has 126 valence electrons. The van der Waals surface area contributed by atoms with Crippen LogP contribution in [0, 0.1) is 0 Å². The van der Waals surface area contributed by atoms with E-state index in [1.165, 1.54) is 19.2 Å². The summed E-state index contributed by atoms with van der Waals surface area (Å²) in [6.45, 7) is 3.44. The Bertz CT molecular complexity index is 617. The van der Waals surface area contributed by atoms with Crippen LogP contribution in [0.2, 0.25) is 5.02 Å².